The lowest BCUT2D eigenvalue weighted by atomic mass is 10.0. The molecule has 1 aromatic heterocycles. The number of aliphatic imine (C=N–C) groups is 1. The van der Waals surface area contributed by atoms with Crippen LogP contribution < -0.4 is 9.47 Å². The van der Waals surface area contributed by atoms with Gasteiger partial charge in [-0.25, -0.2) is 0 Å². The third-order valence-corrected chi connectivity index (χ3v) is 3.71. The second-order valence-corrected chi connectivity index (χ2v) is 4.77. The molecule has 0 saturated carbocycles. The predicted octanol–water partition coefficient (Wildman–Crippen LogP) is 3.38. The summed E-state index contributed by atoms with van der Waals surface area (Å²) in [5, 5.41) is 0. The van der Waals surface area contributed by atoms with E-state index in [9.17, 15) is 0 Å². The lowest BCUT2D eigenvalue weighted by Gasteiger charge is -2.18. The highest BCUT2D eigenvalue weighted by Crippen LogP contribution is 2.38. The van der Waals surface area contributed by atoms with E-state index in [1.165, 1.54) is 0 Å². The minimum Gasteiger partial charge on any atom is -0.493 e. The van der Waals surface area contributed by atoms with E-state index in [4.69, 9.17) is 9.47 Å². The summed E-state index contributed by atoms with van der Waals surface area (Å²) in [5.41, 5.74) is 3.35. The van der Waals surface area contributed by atoms with Gasteiger partial charge in [0.05, 0.1) is 31.6 Å². The Bertz CT molecular complexity index is 658. The van der Waals surface area contributed by atoms with E-state index in [-0.39, 0.29) is 6.04 Å². The van der Waals surface area contributed by atoms with Crippen LogP contribution in [-0.4, -0.2) is 25.0 Å². The van der Waals surface area contributed by atoms with Crippen molar-refractivity contribution in [1.82, 2.24) is 4.57 Å². The van der Waals surface area contributed by atoms with Crippen molar-refractivity contribution in [2.45, 2.75) is 19.4 Å². The summed E-state index contributed by atoms with van der Waals surface area (Å²) in [6.45, 7) is 2.14. The molecule has 0 N–H and O–H groups in total. The van der Waals surface area contributed by atoms with Crippen LogP contribution in [-0.2, 0) is 0 Å². The van der Waals surface area contributed by atoms with Crippen LogP contribution in [0.15, 0.2) is 35.5 Å². The summed E-state index contributed by atoms with van der Waals surface area (Å²) in [6.07, 6.45) is 4.93. The van der Waals surface area contributed by atoms with E-state index in [2.05, 4.69) is 22.5 Å². The van der Waals surface area contributed by atoms with E-state index in [1.54, 1.807) is 14.2 Å². The first-order valence-corrected chi connectivity index (χ1v) is 6.75. The molecule has 1 unspecified atom stereocenters. The maximum atomic E-state index is 5.42. The molecule has 4 nitrogen and oxygen atoms in total. The van der Waals surface area contributed by atoms with Crippen molar-refractivity contribution in [2.75, 3.05) is 14.2 Å². The number of nitrogens with zero attached hydrogens (tertiary/aromatic N) is 2. The average Bonchev–Trinajstić information content (AvgIpc) is 2.90. The van der Waals surface area contributed by atoms with Crippen molar-refractivity contribution in [3.8, 4) is 17.2 Å². The van der Waals surface area contributed by atoms with Crippen LogP contribution in [0.1, 0.15) is 30.6 Å². The zero-order chi connectivity index (χ0) is 14.1. The molecule has 3 rings (SSSR count). The van der Waals surface area contributed by atoms with Crippen LogP contribution in [0.5, 0.6) is 11.5 Å². The normalized spacial score (nSPS) is 16.2. The van der Waals surface area contributed by atoms with E-state index >= 15 is 0 Å². The Balaban J connectivity index is 2.28. The Labute approximate surface area is 118 Å². The first-order chi connectivity index (χ1) is 9.78. The van der Waals surface area contributed by atoms with Crippen molar-refractivity contribution in [3.63, 3.8) is 0 Å². The predicted molar refractivity (Wildman–Crippen MR) is 79.5 cm³/mol. The van der Waals surface area contributed by atoms with Gasteiger partial charge < -0.3 is 14.0 Å². The molecule has 104 valence electrons. The minimum absolute atomic E-state index is 0.143. The molecule has 0 fully saturated rings. The summed E-state index contributed by atoms with van der Waals surface area (Å²) in [5.74, 6) is 1.48. The topological polar surface area (TPSA) is 35.8 Å². The third-order valence-electron chi connectivity index (χ3n) is 3.71. The molecule has 2 heterocycles. The molecule has 1 aliphatic rings. The van der Waals surface area contributed by atoms with Crippen molar-refractivity contribution in [3.05, 3.63) is 41.7 Å². The first kappa shape index (κ1) is 12.8. The zero-order valence-corrected chi connectivity index (χ0v) is 12.0. The maximum Gasteiger partial charge on any atom is 0.162 e. The lowest BCUT2D eigenvalue weighted by Crippen LogP contribution is -2.03. The number of hydrogen-bond acceptors (Lipinski definition) is 3. The van der Waals surface area contributed by atoms with Crippen molar-refractivity contribution >= 4 is 6.21 Å². The maximum absolute atomic E-state index is 5.42. The summed E-state index contributed by atoms with van der Waals surface area (Å²) in [7, 11) is 3.32. The molecule has 1 aromatic carbocycles. The smallest absolute Gasteiger partial charge is 0.162 e. The van der Waals surface area contributed by atoms with Gasteiger partial charge in [-0.1, -0.05) is 6.92 Å². The third kappa shape index (κ3) is 1.88. The minimum atomic E-state index is 0.143. The highest BCUT2D eigenvalue weighted by molar-refractivity contribution is 5.80. The Morgan fingerprint density at radius 1 is 1.20 bits per heavy atom. The van der Waals surface area contributed by atoms with Gasteiger partial charge in [-0.05, 0) is 24.6 Å². The highest BCUT2D eigenvalue weighted by atomic mass is 16.5. The van der Waals surface area contributed by atoms with Gasteiger partial charge in [0.25, 0.3) is 0 Å². The van der Waals surface area contributed by atoms with Crippen molar-refractivity contribution in [2.24, 2.45) is 4.99 Å². The molecule has 1 aliphatic heterocycles. The van der Waals surface area contributed by atoms with Crippen LogP contribution >= 0.6 is 0 Å². The van der Waals surface area contributed by atoms with Crippen molar-refractivity contribution in [1.29, 1.82) is 0 Å². The molecular weight excluding hydrogens is 252 g/mol. The first-order valence-electron chi connectivity index (χ1n) is 6.75. The Morgan fingerprint density at radius 2 is 1.95 bits per heavy atom. The Kier molecular flexibility index (Phi) is 3.22. The molecule has 1 atom stereocenters. The standard InChI is InChI=1S/C16H18N2O2/c1-4-13-12-8-15(19-2)16(20-3)9-14(12)18-7-5-6-11(18)10-17-13/h5-10,13H,4H2,1-3H3. The van der Waals surface area contributed by atoms with E-state index in [1.807, 2.05) is 30.6 Å². The SMILES string of the molecule is CCC1N=Cc2cccn2-c2cc(OC)c(OC)cc21. The average molecular weight is 270 g/mol. The fourth-order valence-electron chi connectivity index (χ4n) is 2.65. The zero-order valence-electron chi connectivity index (χ0n) is 12.0. The summed E-state index contributed by atoms with van der Waals surface area (Å²) in [6, 6.07) is 8.28. The van der Waals surface area contributed by atoms with Crippen LogP contribution in [0.25, 0.3) is 5.69 Å². The van der Waals surface area contributed by atoms with Gasteiger partial charge in [-0.15, -0.1) is 0 Å². The molecule has 0 amide bonds. The number of methoxy groups -OCH3 is 2. The number of aromatic nitrogens is 1. The molecule has 20 heavy (non-hydrogen) atoms. The van der Waals surface area contributed by atoms with Crippen LogP contribution in [0.3, 0.4) is 0 Å². The van der Waals surface area contributed by atoms with E-state index < -0.39 is 0 Å². The number of ether oxygens (including phenoxy) is 2. The molecule has 0 aliphatic carbocycles. The molecule has 0 radical (unpaired) electrons. The summed E-state index contributed by atoms with van der Waals surface area (Å²) in [4.78, 5) is 4.69. The highest BCUT2D eigenvalue weighted by Gasteiger charge is 2.21. The largest absolute Gasteiger partial charge is 0.493 e. The van der Waals surface area contributed by atoms with Gasteiger partial charge in [0.2, 0.25) is 0 Å². The molecule has 0 saturated heterocycles. The fourth-order valence-corrected chi connectivity index (χ4v) is 2.65. The van der Waals surface area contributed by atoms with Crippen molar-refractivity contribution < 1.29 is 9.47 Å². The number of fused-ring (bicyclic) bond motifs is 3. The van der Waals surface area contributed by atoms with E-state index in [0.29, 0.717) is 0 Å². The molecule has 4 heteroatoms. The second kappa shape index (κ2) is 5.04. The van der Waals surface area contributed by atoms with Gasteiger partial charge in [0.15, 0.2) is 11.5 Å². The van der Waals surface area contributed by atoms with Crippen LogP contribution in [0.4, 0.5) is 0 Å². The quantitative estimate of drug-likeness (QED) is 0.857. The van der Waals surface area contributed by atoms with Gasteiger partial charge in [-0.2, -0.15) is 0 Å². The number of rotatable bonds is 3. The number of benzene rings is 1. The molecular formula is C16H18N2O2. The Hall–Kier alpha value is -2.23. The fraction of sp³-hybridized carbons (Fsp3) is 0.312. The second-order valence-electron chi connectivity index (χ2n) is 4.77. The monoisotopic (exact) mass is 270 g/mol. The summed E-state index contributed by atoms with van der Waals surface area (Å²) < 4.78 is 13.0. The van der Waals surface area contributed by atoms with E-state index in [0.717, 1.165) is 34.9 Å². The van der Waals surface area contributed by atoms with Crippen LogP contribution in [0.2, 0.25) is 0 Å². The van der Waals surface area contributed by atoms with Gasteiger partial charge >= 0.3 is 0 Å². The lowest BCUT2D eigenvalue weighted by molar-refractivity contribution is 0.354. The Morgan fingerprint density at radius 3 is 2.65 bits per heavy atom. The van der Waals surface area contributed by atoms with Gasteiger partial charge in [0, 0.05) is 24.0 Å². The van der Waals surface area contributed by atoms with Gasteiger partial charge in [-0.3, -0.25) is 4.99 Å². The van der Waals surface area contributed by atoms with Gasteiger partial charge in [0.1, 0.15) is 0 Å². The number of hydrogen-bond donors (Lipinski definition) is 0. The molecule has 0 spiro atoms. The molecule has 0 bridgehead atoms. The van der Waals surface area contributed by atoms with Crippen LogP contribution in [0, 0.1) is 0 Å². The summed E-state index contributed by atoms with van der Waals surface area (Å²) >= 11 is 0. The molecule has 2 aromatic rings.